The van der Waals surface area contributed by atoms with Crippen molar-refractivity contribution in [3.05, 3.63) is 17.8 Å². The van der Waals surface area contributed by atoms with E-state index in [0.29, 0.717) is 11.6 Å². The molecule has 5 heteroatoms. The van der Waals surface area contributed by atoms with Crippen LogP contribution in [0.5, 0.6) is 0 Å². The second kappa shape index (κ2) is 4.90. The first-order valence-corrected chi connectivity index (χ1v) is 5.50. The molecule has 0 bridgehead atoms. The molecule has 0 aromatic carbocycles. The van der Waals surface area contributed by atoms with Gasteiger partial charge < -0.3 is 10.2 Å². The molecular weight excluding hydrogens is 202 g/mol. The van der Waals surface area contributed by atoms with Crippen LogP contribution in [-0.2, 0) is 0 Å². The lowest BCUT2D eigenvalue weighted by molar-refractivity contribution is 0.609. The minimum Gasteiger partial charge on any atom is -0.350 e. The summed E-state index contributed by atoms with van der Waals surface area (Å²) < 4.78 is 0. The standard InChI is InChI=1S/C11H15N5/c1-13-8-10-3-2-6-16(10)11-9(7-12)4-5-14-15-11/h4-5,10,13H,2-3,6,8H2,1H3. The van der Waals surface area contributed by atoms with Gasteiger partial charge in [0.1, 0.15) is 6.07 Å². The fraction of sp³-hybridized carbons (Fsp3) is 0.545. The van der Waals surface area contributed by atoms with Crippen LogP contribution >= 0.6 is 0 Å². The summed E-state index contributed by atoms with van der Waals surface area (Å²) in [5, 5.41) is 20.2. The Morgan fingerprint density at radius 2 is 2.56 bits per heavy atom. The molecule has 0 aliphatic carbocycles. The maximum atomic E-state index is 9.03. The van der Waals surface area contributed by atoms with E-state index >= 15 is 0 Å². The van der Waals surface area contributed by atoms with E-state index < -0.39 is 0 Å². The van der Waals surface area contributed by atoms with E-state index in [1.165, 1.54) is 0 Å². The normalized spacial score (nSPS) is 19.8. The molecule has 2 heterocycles. The highest BCUT2D eigenvalue weighted by molar-refractivity contribution is 5.53. The Hall–Kier alpha value is -1.67. The molecule has 5 nitrogen and oxygen atoms in total. The number of rotatable bonds is 3. The second-order valence-electron chi connectivity index (χ2n) is 3.93. The van der Waals surface area contributed by atoms with Crippen molar-refractivity contribution >= 4 is 5.82 Å². The van der Waals surface area contributed by atoms with E-state index in [0.717, 1.165) is 31.7 Å². The summed E-state index contributed by atoms with van der Waals surface area (Å²) in [5.41, 5.74) is 0.609. The molecule has 1 aromatic rings. The molecule has 0 spiro atoms. The van der Waals surface area contributed by atoms with Crippen molar-refractivity contribution in [1.29, 1.82) is 5.26 Å². The Labute approximate surface area is 95.1 Å². The summed E-state index contributed by atoms with van der Waals surface area (Å²) in [6.45, 7) is 1.88. The summed E-state index contributed by atoms with van der Waals surface area (Å²) in [6.07, 6.45) is 3.85. The Balaban J connectivity index is 2.26. The molecule has 1 unspecified atom stereocenters. The van der Waals surface area contributed by atoms with Crippen molar-refractivity contribution in [3.8, 4) is 6.07 Å². The average Bonchev–Trinajstić information content (AvgIpc) is 2.77. The zero-order chi connectivity index (χ0) is 11.4. The highest BCUT2D eigenvalue weighted by atomic mass is 15.3. The van der Waals surface area contributed by atoms with Gasteiger partial charge in [-0.3, -0.25) is 0 Å². The zero-order valence-corrected chi connectivity index (χ0v) is 9.35. The molecule has 2 rings (SSSR count). The number of likely N-dealkylation sites (N-methyl/N-ethyl adjacent to an activating group) is 1. The van der Waals surface area contributed by atoms with E-state index in [1.807, 2.05) is 7.05 Å². The van der Waals surface area contributed by atoms with E-state index in [-0.39, 0.29) is 0 Å². The molecule has 16 heavy (non-hydrogen) atoms. The third kappa shape index (κ3) is 1.97. The number of nitrogens with zero attached hydrogens (tertiary/aromatic N) is 4. The molecule has 1 aromatic heterocycles. The first-order chi connectivity index (χ1) is 7.86. The van der Waals surface area contributed by atoms with Crippen LogP contribution in [0.2, 0.25) is 0 Å². The highest BCUT2D eigenvalue weighted by Crippen LogP contribution is 2.25. The van der Waals surface area contributed by atoms with Crippen molar-refractivity contribution in [2.24, 2.45) is 0 Å². The summed E-state index contributed by atoms with van der Waals surface area (Å²) in [6, 6.07) is 4.31. The zero-order valence-electron chi connectivity index (χ0n) is 9.35. The molecule has 1 aliphatic rings. The third-order valence-electron chi connectivity index (χ3n) is 2.91. The molecule has 1 saturated heterocycles. The van der Waals surface area contributed by atoms with Crippen molar-refractivity contribution < 1.29 is 0 Å². The lowest BCUT2D eigenvalue weighted by Gasteiger charge is -2.25. The molecule has 0 radical (unpaired) electrons. The number of anilines is 1. The smallest absolute Gasteiger partial charge is 0.169 e. The summed E-state index contributed by atoms with van der Waals surface area (Å²) >= 11 is 0. The maximum Gasteiger partial charge on any atom is 0.169 e. The van der Waals surface area contributed by atoms with Crippen LogP contribution in [-0.4, -0.2) is 36.4 Å². The number of hydrogen-bond donors (Lipinski definition) is 1. The van der Waals surface area contributed by atoms with Gasteiger partial charge in [0.05, 0.1) is 11.8 Å². The van der Waals surface area contributed by atoms with Gasteiger partial charge in [0.15, 0.2) is 5.82 Å². The lowest BCUT2D eigenvalue weighted by atomic mass is 10.2. The van der Waals surface area contributed by atoms with E-state index in [4.69, 9.17) is 5.26 Å². The molecule has 1 N–H and O–H groups in total. The van der Waals surface area contributed by atoms with Crippen LogP contribution in [0.1, 0.15) is 18.4 Å². The van der Waals surface area contributed by atoms with Crippen molar-refractivity contribution in [2.45, 2.75) is 18.9 Å². The predicted molar refractivity (Wildman–Crippen MR) is 61.0 cm³/mol. The maximum absolute atomic E-state index is 9.03. The summed E-state index contributed by atoms with van der Waals surface area (Å²) in [4.78, 5) is 2.18. The number of nitrogens with one attached hydrogen (secondary N) is 1. The van der Waals surface area contributed by atoms with E-state index in [9.17, 15) is 0 Å². The van der Waals surface area contributed by atoms with Gasteiger partial charge in [-0.1, -0.05) is 0 Å². The SMILES string of the molecule is CNCC1CCCN1c1nnccc1C#N. The largest absolute Gasteiger partial charge is 0.350 e. The Bertz CT molecular complexity index is 398. The predicted octanol–water partition coefficient (Wildman–Crippen LogP) is 0.536. The summed E-state index contributed by atoms with van der Waals surface area (Å²) in [5.74, 6) is 0.725. The fourth-order valence-corrected chi connectivity index (χ4v) is 2.19. The topological polar surface area (TPSA) is 64.8 Å². The first kappa shape index (κ1) is 10.8. The molecule has 0 saturated carbocycles. The van der Waals surface area contributed by atoms with Crippen LogP contribution in [0.25, 0.3) is 0 Å². The highest BCUT2D eigenvalue weighted by Gasteiger charge is 2.26. The van der Waals surface area contributed by atoms with Gasteiger partial charge in [-0.15, -0.1) is 5.10 Å². The summed E-state index contributed by atoms with van der Waals surface area (Å²) in [7, 11) is 1.94. The van der Waals surface area contributed by atoms with Crippen LogP contribution < -0.4 is 10.2 Å². The third-order valence-corrected chi connectivity index (χ3v) is 2.91. The molecule has 84 valence electrons. The fourth-order valence-electron chi connectivity index (χ4n) is 2.19. The van der Waals surface area contributed by atoms with Gasteiger partial charge >= 0.3 is 0 Å². The van der Waals surface area contributed by atoms with Crippen LogP contribution in [0, 0.1) is 11.3 Å². The van der Waals surface area contributed by atoms with Crippen molar-refractivity contribution in [2.75, 3.05) is 25.0 Å². The minimum atomic E-state index is 0.425. The second-order valence-corrected chi connectivity index (χ2v) is 3.93. The molecule has 1 fully saturated rings. The van der Waals surface area contributed by atoms with Crippen LogP contribution in [0.3, 0.4) is 0 Å². The molecule has 1 atom stereocenters. The van der Waals surface area contributed by atoms with Gasteiger partial charge in [0, 0.05) is 19.1 Å². The van der Waals surface area contributed by atoms with Crippen LogP contribution in [0.15, 0.2) is 12.3 Å². The lowest BCUT2D eigenvalue weighted by Crippen LogP contribution is -2.37. The van der Waals surface area contributed by atoms with Crippen molar-refractivity contribution in [1.82, 2.24) is 15.5 Å². The quantitative estimate of drug-likeness (QED) is 0.800. The van der Waals surface area contributed by atoms with Gasteiger partial charge in [-0.2, -0.15) is 10.4 Å². The Morgan fingerprint density at radius 3 is 3.31 bits per heavy atom. The van der Waals surface area contributed by atoms with E-state index in [1.54, 1.807) is 12.3 Å². The van der Waals surface area contributed by atoms with Gasteiger partial charge in [-0.25, -0.2) is 0 Å². The molecular formula is C11H15N5. The average molecular weight is 217 g/mol. The number of hydrogen-bond acceptors (Lipinski definition) is 5. The van der Waals surface area contributed by atoms with Crippen molar-refractivity contribution in [3.63, 3.8) is 0 Å². The van der Waals surface area contributed by atoms with E-state index in [2.05, 4.69) is 26.5 Å². The minimum absolute atomic E-state index is 0.425. The van der Waals surface area contributed by atoms with Gasteiger partial charge in [0.2, 0.25) is 0 Å². The molecule has 1 aliphatic heterocycles. The number of nitriles is 1. The van der Waals surface area contributed by atoms with Gasteiger partial charge in [-0.05, 0) is 26.0 Å². The first-order valence-electron chi connectivity index (χ1n) is 5.50. The Morgan fingerprint density at radius 1 is 1.69 bits per heavy atom. The van der Waals surface area contributed by atoms with Gasteiger partial charge in [0.25, 0.3) is 0 Å². The number of aromatic nitrogens is 2. The Kier molecular flexibility index (Phi) is 3.32. The molecule has 0 amide bonds. The van der Waals surface area contributed by atoms with Crippen LogP contribution in [0.4, 0.5) is 5.82 Å². The monoisotopic (exact) mass is 217 g/mol.